The molecule has 156 valence electrons. The molecule has 1 aromatic heterocycles. The summed E-state index contributed by atoms with van der Waals surface area (Å²) in [6, 6.07) is 17.0. The van der Waals surface area contributed by atoms with Crippen LogP contribution in [0.5, 0.6) is 5.75 Å². The van der Waals surface area contributed by atoms with Gasteiger partial charge in [0.2, 0.25) is 0 Å². The summed E-state index contributed by atoms with van der Waals surface area (Å²) in [6.07, 6.45) is -0.688. The van der Waals surface area contributed by atoms with E-state index >= 15 is 0 Å². The van der Waals surface area contributed by atoms with E-state index in [1.54, 1.807) is 31.2 Å². The number of carbonyl (C=O) groups excluding carboxylic acids is 2. The van der Waals surface area contributed by atoms with Crippen molar-refractivity contribution in [3.05, 3.63) is 82.7 Å². The van der Waals surface area contributed by atoms with E-state index in [1.807, 2.05) is 36.7 Å². The molecule has 6 heteroatoms. The van der Waals surface area contributed by atoms with Gasteiger partial charge in [-0.2, -0.15) is 5.10 Å². The summed E-state index contributed by atoms with van der Waals surface area (Å²) < 4.78 is 7.67. The van der Waals surface area contributed by atoms with Crippen LogP contribution in [0.15, 0.2) is 54.6 Å². The molecule has 3 rings (SSSR count). The zero-order valence-electron chi connectivity index (χ0n) is 17.8. The van der Waals surface area contributed by atoms with Crippen molar-refractivity contribution in [2.45, 2.75) is 46.9 Å². The quantitative estimate of drug-likeness (QED) is 0.578. The van der Waals surface area contributed by atoms with E-state index in [9.17, 15) is 9.59 Å². The molecule has 0 aliphatic heterocycles. The van der Waals surface area contributed by atoms with Gasteiger partial charge in [0.05, 0.1) is 12.2 Å². The molecule has 6 nitrogen and oxygen atoms in total. The minimum Gasteiger partial charge on any atom is -0.481 e. The van der Waals surface area contributed by atoms with Gasteiger partial charge < -0.3 is 10.1 Å². The first-order valence-electron chi connectivity index (χ1n) is 9.97. The second-order valence-corrected chi connectivity index (χ2v) is 7.35. The molecule has 2 aromatic carbocycles. The van der Waals surface area contributed by atoms with Crippen LogP contribution in [0, 0.1) is 13.8 Å². The first-order chi connectivity index (χ1) is 14.3. The van der Waals surface area contributed by atoms with Crippen LogP contribution in [-0.4, -0.2) is 27.6 Å². The van der Waals surface area contributed by atoms with E-state index < -0.39 is 6.10 Å². The lowest BCUT2D eigenvalue weighted by Gasteiger charge is -2.15. The normalized spacial score (nSPS) is 11.7. The molecule has 0 saturated carbocycles. The Bertz CT molecular complexity index is 1040. The van der Waals surface area contributed by atoms with Gasteiger partial charge in [-0.15, -0.1) is 0 Å². The second-order valence-electron chi connectivity index (χ2n) is 7.35. The van der Waals surface area contributed by atoms with Crippen LogP contribution in [-0.2, 0) is 17.9 Å². The Morgan fingerprint density at radius 2 is 1.83 bits per heavy atom. The summed E-state index contributed by atoms with van der Waals surface area (Å²) in [5.74, 6) is 0.224. The molecule has 0 saturated heterocycles. The van der Waals surface area contributed by atoms with Crippen LogP contribution in [0.1, 0.15) is 46.7 Å². The number of nitrogens with zero attached hydrogens (tertiary/aromatic N) is 2. The molecule has 1 unspecified atom stereocenters. The lowest BCUT2D eigenvalue weighted by atomic mass is 10.1. The largest absolute Gasteiger partial charge is 0.481 e. The molecule has 30 heavy (non-hydrogen) atoms. The maximum Gasteiger partial charge on any atom is 0.261 e. The van der Waals surface area contributed by atoms with Crippen LogP contribution in [0.2, 0.25) is 0 Å². The summed E-state index contributed by atoms with van der Waals surface area (Å²) >= 11 is 0. The highest BCUT2D eigenvalue weighted by molar-refractivity contribution is 5.94. The molecule has 1 N–H and O–H groups in total. The fourth-order valence-electron chi connectivity index (χ4n) is 3.27. The minimum atomic E-state index is -0.688. The van der Waals surface area contributed by atoms with Crippen molar-refractivity contribution in [3.63, 3.8) is 0 Å². The zero-order chi connectivity index (χ0) is 21.7. The molecular formula is C24H27N3O3. The predicted molar refractivity (Wildman–Crippen MR) is 116 cm³/mol. The van der Waals surface area contributed by atoms with E-state index in [0.29, 0.717) is 24.4 Å². The Balaban J connectivity index is 1.61. The van der Waals surface area contributed by atoms with Gasteiger partial charge in [-0.1, -0.05) is 42.5 Å². The van der Waals surface area contributed by atoms with Crippen molar-refractivity contribution in [3.8, 4) is 5.75 Å². The SMILES string of the molecule is CC(=O)c1cccc(OC(C)C(=O)NCc2c(C)nn(Cc3ccccc3)c2C)c1. The first-order valence-corrected chi connectivity index (χ1v) is 9.97. The third kappa shape index (κ3) is 5.14. The molecule has 1 heterocycles. The van der Waals surface area contributed by atoms with Gasteiger partial charge in [0.15, 0.2) is 11.9 Å². The molecule has 0 fully saturated rings. The van der Waals surface area contributed by atoms with Crippen molar-refractivity contribution in [1.82, 2.24) is 15.1 Å². The molecule has 0 aliphatic carbocycles. The number of benzene rings is 2. The zero-order valence-corrected chi connectivity index (χ0v) is 17.8. The highest BCUT2D eigenvalue weighted by Gasteiger charge is 2.18. The van der Waals surface area contributed by atoms with Crippen LogP contribution in [0.25, 0.3) is 0 Å². The number of amides is 1. The van der Waals surface area contributed by atoms with E-state index in [2.05, 4.69) is 22.5 Å². The summed E-state index contributed by atoms with van der Waals surface area (Å²) in [5.41, 5.74) is 4.65. The van der Waals surface area contributed by atoms with Gasteiger partial charge in [0.25, 0.3) is 5.91 Å². The van der Waals surface area contributed by atoms with Crippen LogP contribution >= 0.6 is 0 Å². The Morgan fingerprint density at radius 3 is 2.53 bits per heavy atom. The predicted octanol–water partition coefficient (Wildman–Crippen LogP) is 3.83. The lowest BCUT2D eigenvalue weighted by Crippen LogP contribution is -2.36. The Labute approximate surface area is 176 Å². The van der Waals surface area contributed by atoms with Crippen molar-refractivity contribution < 1.29 is 14.3 Å². The number of rotatable bonds is 8. The molecule has 3 aromatic rings. The Kier molecular flexibility index (Phi) is 6.67. The maximum absolute atomic E-state index is 12.5. The van der Waals surface area contributed by atoms with Crippen LogP contribution in [0.3, 0.4) is 0 Å². The number of ketones is 1. The van der Waals surface area contributed by atoms with E-state index in [0.717, 1.165) is 17.0 Å². The minimum absolute atomic E-state index is 0.0454. The van der Waals surface area contributed by atoms with Gasteiger partial charge in [-0.3, -0.25) is 14.3 Å². The monoisotopic (exact) mass is 405 g/mol. The fourth-order valence-corrected chi connectivity index (χ4v) is 3.27. The first kappa shape index (κ1) is 21.3. The van der Waals surface area contributed by atoms with Gasteiger partial charge in [-0.25, -0.2) is 0 Å². The number of aromatic nitrogens is 2. The van der Waals surface area contributed by atoms with Crippen molar-refractivity contribution in [2.24, 2.45) is 0 Å². The van der Waals surface area contributed by atoms with Crippen molar-refractivity contribution >= 4 is 11.7 Å². The Hall–Kier alpha value is -3.41. The average molecular weight is 405 g/mol. The summed E-state index contributed by atoms with van der Waals surface area (Å²) in [4.78, 5) is 24.0. The highest BCUT2D eigenvalue weighted by Crippen LogP contribution is 2.17. The fraction of sp³-hybridized carbons (Fsp3) is 0.292. The molecule has 0 bridgehead atoms. The third-order valence-electron chi connectivity index (χ3n) is 5.07. The molecule has 0 spiro atoms. The molecule has 0 radical (unpaired) electrons. The van der Waals surface area contributed by atoms with E-state index in [1.165, 1.54) is 12.5 Å². The van der Waals surface area contributed by atoms with E-state index in [4.69, 9.17) is 4.74 Å². The highest BCUT2D eigenvalue weighted by atomic mass is 16.5. The molecule has 1 atom stereocenters. The lowest BCUT2D eigenvalue weighted by molar-refractivity contribution is -0.127. The summed E-state index contributed by atoms with van der Waals surface area (Å²) in [7, 11) is 0. The molecule has 0 aliphatic rings. The van der Waals surface area contributed by atoms with Crippen LogP contribution < -0.4 is 10.1 Å². The number of aryl methyl sites for hydroxylation is 1. The van der Waals surface area contributed by atoms with Gasteiger partial charge in [0.1, 0.15) is 5.75 Å². The number of ether oxygens (including phenoxy) is 1. The summed E-state index contributed by atoms with van der Waals surface area (Å²) in [6.45, 7) is 8.22. The summed E-state index contributed by atoms with van der Waals surface area (Å²) in [5, 5.41) is 7.56. The second kappa shape index (κ2) is 9.39. The molecule has 1 amide bonds. The van der Waals surface area contributed by atoms with Gasteiger partial charge in [-0.05, 0) is 45.4 Å². The van der Waals surface area contributed by atoms with E-state index in [-0.39, 0.29) is 11.7 Å². The average Bonchev–Trinajstić information content (AvgIpc) is 2.99. The van der Waals surface area contributed by atoms with Crippen molar-refractivity contribution in [1.29, 1.82) is 0 Å². The topological polar surface area (TPSA) is 73.2 Å². The number of nitrogens with one attached hydrogen (secondary N) is 1. The number of hydrogen-bond acceptors (Lipinski definition) is 4. The number of hydrogen-bond donors (Lipinski definition) is 1. The smallest absolute Gasteiger partial charge is 0.261 e. The van der Waals surface area contributed by atoms with Gasteiger partial charge >= 0.3 is 0 Å². The van der Waals surface area contributed by atoms with Crippen LogP contribution in [0.4, 0.5) is 0 Å². The van der Waals surface area contributed by atoms with Crippen molar-refractivity contribution in [2.75, 3.05) is 0 Å². The number of carbonyl (C=O) groups is 2. The standard InChI is InChI=1S/C24H27N3O3/c1-16-23(17(2)27(26-16)15-20-9-6-5-7-10-20)14-25-24(29)19(4)30-22-12-8-11-21(13-22)18(3)28/h5-13,19H,14-15H2,1-4H3,(H,25,29). The Morgan fingerprint density at radius 1 is 1.10 bits per heavy atom. The third-order valence-corrected chi connectivity index (χ3v) is 5.07. The maximum atomic E-state index is 12.5. The number of Topliss-reactive ketones (excluding diaryl/α,β-unsaturated/α-hetero) is 1. The molecular weight excluding hydrogens is 378 g/mol. The van der Waals surface area contributed by atoms with Gasteiger partial charge in [0, 0.05) is 23.4 Å².